The fraction of sp³-hybridized carbons (Fsp3) is 0.333. The largest absolute Gasteiger partial charge is 0.331 e. The molecule has 0 saturated carbocycles. The van der Waals surface area contributed by atoms with E-state index >= 15 is 0 Å². The van der Waals surface area contributed by atoms with Crippen LogP contribution in [0.3, 0.4) is 0 Å². The van der Waals surface area contributed by atoms with Crippen LogP contribution < -0.4 is 0 Å². The number of carbonyl (C=O) groups excluding carboxylic acids is 2. The summed E-state index contributed by atoms with van der Waals surface area (Å²) in [5, 5.41) is -0.376. The topological polar surface area (TPSA) is 37.4 Å². The minimum Gasteiger partial charge on any atom is -0.331 e. The third kappa shape index (κ3) is 2.51. The van der Waals surface area contributed by atoms with Crippen LogP contribution in [0.5, 0.6) is 0 Å². The molecular weight excluding hydrogens is 264 g/mol. The second kappa shape index (κ2) is 5.02. The lowest BCUT2D eigenvalue weighted by Crippen LogP contribution is -2.40. The van der Waals surface area contributed by atoms with E-state index in [1.807, 2.05) is 0 Å². The Morgan fingerprint density at radius 3 is 2.67 bits per heavy atom. The molecule has 1 aromatic carbocycles. The predicted molar refractivity (Wildman–Crippen MR) is 61.5 cm³/mol. The van der Waals surface area contributed by atoms with Gasteiger partial charge in [-0.3, -0.25) is 9.59 Å². The lowest BCUT2D eigenvalue weighted by molar-refractivity contribution is -0.121. The van der Waals surface area contributed by atoms with Crippen LogP contribution in [0.4, 0.5) is 8.78 Å². The van der Waals surface area contributed by atoms with E-state index in [9.17, 15) is 18.4 Å². The monoisotopic (exact) mass is 273 g/mol. The molecule has 0 N–H and O–H groups in total. The van der Waals surface area contributed by atoms with E-state index in [2.05, 4.69) is 0 Å². The first-order valence-corrected chi connectivity index (χ1v) is 5.82. The van der Waals surface area contributed by atoms with Gasteiger partial charge >= 0.3 is 0 Å². The summed E-state index contributed by atoms with van der Waals surface area (Å²) in [6.45, 7) is 0.316. The van der Waals surface area contributed by atoms with E-state index in [-0.39, 0.29) is 17.4 Å². The molecule has 3 nitrogen and oxygen atoms in total. The fourth-order valence-electron chi connectivity index (χ4n) is 1.87. The molecule has 1 aliphatic heterocycles. The van der Waals surface area contributed by atoms with Gasteiger partial charge in [0.2, 0.25) is 0 Å². The van der Waals surface area contributed by atoms with Crippen LogP contribution in [0.1, 0.15) is 23.2 Å². The Balaban J connectivity index is 2.28. The van der Waals surface area contributed by atoms with Gasteiger partial charge in [0.25, 0.3) is 5.91 Å². The average Bonchev–Trinajstić information content (AvgIpc) is 2.33. The van der Waals surface area contributed by atoms with Crippen LogP contribution in [0, 0.1) is 11.6 Å². The Labute approximate surface area is 107 Å². The molecule has 2 rings (SSSR count). The van der Waals surface area contributed by atoms with Crippen molar-refractivity contribution in [2.45, 2.75) is 12.8 Å². The second-order valence-corrected chi connectivity index (χ2v) is 4.52. The molecule has 0 radical (unpaired) electrons. The molecule has 0 atom stereocenters. The van der Waals surface area contributed by atoms with Gasteiger partial charge in [-0.25, -0.2) is 8.78 Å². The van der Waals surface area contributed by atoms with Crippen molar-refractivity contribution in [3.63, 3.8) is 0 Å². The summed E-state index contributed by atoms with van der Waals surface area (Å²) in [5.74, 6) is -2.50. The van der Waals surface area contributed by atoms with Crippen LogP contribution in [0.2, 0.25) is 5.02 Å². The first kappa shape index (κ1) is 13.0. The number of hydrogen-bond donors (Lipinski definition) is 0. The zero-order valence-electron chi connectivity index (χ0n) is 9.38. The lowest BCUT2D eigenvalue weighted by atomic mass is 10.1. The highest BCUT2D eigenvalue weighted by Gasteiger charge is 2.25. The van der Waals surface area contributed by atoms with Crippen LogP contribution >= 0.6 is 11.6 Å². The van der Waals surface area contributed by atoms with Crippen molar-refractivity contribution in [1.82, 2.24) is 4.90 Å². The Kier molecular flexibility index (Phi) is 3.61. The van der Waals surface area contributed by atoms with Crippen molar-refractivity contribution in [2.24, 2.45) is 0 Å². The maximum Gasteiger partial charge on any atom is 0.257 e. The molecule has 0 aliphatic carbocycles. The number of piperidine rings is 1. The molecule has 0 spiro atoms. The van der Waals surface area contributed by atoms with Gasteiger partial charge in [-0.2, -0.15) is 0 Å². The molecule has 1 fully saturated rings. The van der Waals surface area contributed by atoms with Gasteiger partial charge in [0.15, 0.2) is 5.78 Å². The minimum atomic E-state index is -0.885. The zero-order chi connectivity index (χ0) is 13.3. The highest BCUT2D eigenvalue weighted by molar-refractivity contribution is 6.30. The quantitative estimate of drug-likeness (QED) is 0.737. The van der Waals surface area contributed by atoms with E-state index in [4.69, 9.17) is 11.6 Å². The normalized spacial score (nSPS) is 15.9. The number of rotatable bonds is 1. The molecule has 0 bridgehead atoms. The highest BCUT2D eigenvalue weighted by atomic mass is 35.5. The standard InChI is InChI=1S/C12H10ClF2NO2/c13-9-5-10(14)8(4-11(9)15)12(18)16-3-1-2-7(17)6-16/h4-5H,1-3,6H2. The van der Waals surface area contributed by atoms with Crippen molar-refractivity contribution in [3.05, 3.63) is 34.4 Å². The van der Waals surface area contributed by atoms with E-state index in [0.717, 1.165) is 12.1 Å². The van der Waals surface area contributed by atoms with Crippen molar-refractivity contribution >= 4 is 23.3 Å². The van der Waals surface area contributed by atoms with E-state index in [1.165, 1.54) is 4.90 Å². The van der Waals surface area contributed by atoms with Crippen molar-refractivity contribution in [2.75, 3.05) is 13.1 Å². The van der Waals surface area contributed by atoms with Gasteiger partial charge in [0.05, 0.1) is 17.1 Å². The summed E-state index contributed by atoms with van der Waals surface area (Å²) in [5.41, 5.74) is -0.397. The van der Waals surface area contributed by atoms with Crippen molar-refractivity contribution in [1.29, 1.82) is 0 Å². The van der Waals surface area contributed by atoms with E-state index in [0.29, 0.717) is 19.4 Å². The Morgan fingerprint density at radius 2 is 2.00 bits per heavy atom. The second-order valence-electron chi connectivity index (χ2n) is 4.12. The van der Waals surface area contributed by atoms with Crippen molar-refractivity contribution < 1.29 is 18.4 Å². The molecule has 1 amide bonds. The van der Waals surface area contributed by atoms with Gasteiger partial charge in [-0.15, -0.1) is 0 Å². The number of nitrogens with zero attached hydrogens (tertiary/aromatic N) is 1. The fourth-order valence-corrected chi connectivity index (χ4v) is 2.02. The molecule has 1 saturated heterocycles. The number of likely N-dealkylation sites (tertiary alicyclic amines) is 1. The van der Waals surface area contributed by atoms with E-state index < -0.39 is 23.1 Å². The minimum absolute atomic E-state index is 0.0531. The van der Waals surface area contributed by atoms with Gasteiger partial charge in [0.1, 0.15) is 11.6 Å². The maximum absolute atomic E-state index is 13.5. The van der Waals surface area contributed by atoms with Gasteiger partial charge < -0.3 is 4.90 Å². The van der Waals surface area contributed by atoms with Gasteiger partial charge in [0, 0.05) is 13.0 Å². The average molecular weight is 274 g/mol. The summed E-state index contributed by atoms with van der Waals surface area (Å²) >= 11 is 5.41. The summed E-state index contributed by atoms with van der Waals surface area (Å²) in [4.78, 5) is 24.4. The molecule has 1 aliphatic rings. The first-order valence-electron chi connectivity index (χ1n) is 5.44. The number of carbonyl (C=O) groups is 2. The molecule has 96 valence electrons. The molecule has 6 heteroatoms. The molecule has 0 unspecified atom stereocenters. The molecule has 18 heavy (non-hydrogen) atoms. The molecule has 1 heterocycles. The van der Waals surface area contributed by atoms with Crippen LogP contribution in [0.25, 0.3) is 0 Å². The molecule has 0 aromatic heterocycles. The third-order valence-electron chi connectivity index (χ3n) is 2.78. The zero-order valence-corrected chi connectivity index (χ0v) is 10.1. The number of amides is 1. The number of hydrogen-bond acceptors (Lipinski definition) is 2. The molecule has 1 aromatic rings. The predicted octanol–water partition coefficient (Wildman–Crippen LogP) is 2.42. The maximum atomic E-state index is 13.5. The highest BCUT2D eigenvalue weighted by Crippen LogP contribution is 2.21. The number of benzene rings is 1. The summed E-state index contributed by atoms with van der Waals surface area (Å²) in [6.07, 6.45) is 0.962. The SMILES string of the molecule is O=C1CCCN(C(=O)c2cc(F)c(Cl)cc2F)C1. The Hall–Kier alpha value is -1.49. The van der Waals surface area contributed by atoms with Gasteiger partial charge in [-0.1, -0.05) is 11.6 Å². The summed E-state index contributed by atoms with van der Waals surface area (Å²) in [7, 11) is 0. The third-order valence-corrected chi connectivity index (χ3v) is 3.07. The van der Waals surface area contributed by atoms with Gasteiger partial charge in [-0.05, 0) is 18.6 Å². The summed E-state index contributed by atoms with van der Waals surface area (Å²) in [6, 6.07) is 1.52. The van der Waals surface area contributed by atoms with Crippen LogP contribution in [-0.4, -0.2) is 29.7 Å². The smallest absolute Gasteiger partial charge is 0.257 e. The van der Waals surface area contributed by atoms with E-state index in [1.54, 1.807) is 0 Å². The number of halogens is 3. The van der Waals surface area contributed by atoms with Crippen LogP contribution in [0.15, 0.2) is 12.1 Å². The first-order chi connectivity index (χ1) is 8.49. The molecular formula is C12H10ClF2NO2. The lowest BCUT2D eigenvalue weighted by Gasteiger charge is -2.26. The Morgan fingerprint density at radius 1 is 1.28 bits per heavy atom. The Bertz CT molecular complexity index is 519. The number of Topliss-reactive ketones (excluding diaryl/α,β-unsaturated/α-hetero) is 1. The number of ketones is 1. The van der Waals surface area contributed by atoms with Crippen molar-refractivity contribution in [3.8, 4) is 0 Å². The van der Waals surface area contributed by atoms with Crippen LogP contribution in [-0.2, 0) is 4.79 Å². The summed E-state index contributed by atoms with van der Waals surface area (Å²) < 4.78 is 26.8.